The van der Waals surface area contributed by atoms with E-state index in [2.05, 4.69) is 34.2 Å². The summed E-state index contributed by atoms with van der Waals surface area (Å²) in [6.45, 7) is 0. The van der Waals surface area contributed by atoms with Crippen molar-refractivity contribution in [1.82, 2.24) is 15.4 Å². The van der Waals surface area contributed by atoms with Crippen LogP contribution in [0, 0.1) is 0 Å². The Morgan fingerprint density at radius 1 is 1.00 bits per heavy atom. The number of imidazole rings is 1. The molecule has 3 N–H and O–H groups in total. The van der Waals surface area contributed by atoms with Crippen molar-refractivity contribution in [2.75, 3.05) is 0 Å². The normalized spacial score (nSPS) is 11.2. The molecule has 0 spiro atoms. The number of nitrogens with zero attached hydrogens (tertiary/aromatic N) is 1. The molecule has 4 aromatic rings. The summed E-state index contributed by atoms with van der Waals surface area (Å²) in [6.07, 6.45) is 3.61. The van der Waals surface area contributed by atoms with Gasteiger partial charge >= 0.3 is 0 Å². The van der Waals surface area contributed by atoms with Crippen LogP contribution < -0.4 is 5.48 Å². The molecule has 0 unspecified atom stereocenters. The van der Waals surface area contributed by atoms with Crippen LogP contribution in [0.1, 0.15) is 17.0 Å². The van der Waals surface area contributed by atoms with Gasteiger partial charge in [0.25, 0.3) is 5.91 Å². The van der Waals surface area contributed by atoms with Gasteiger partial charge in [0, 0.05) is 12.5 Å². The number of aromatic nitrogens is 2. The summed E-state index contributed by atoms with van der Waals surface area (Å²) >= 11 is 0. The minimum atomic E-state index is -0.554. The second-order valence-corrected chi connectivity index (χ2v) is 6.51. The molecule has 1 amide bonds. The van der Waals surface area contributed by atoms with Gasteiger partial charge in [0.15, 0.2) is 0 Å². The molecule has 138 valence electrons. The molecule has 0 saturated carbocycles. The van der Waals surface area contributed by atoms with Crippen LogP contribution in [0.15, 0.2) is 78.9 Å². The molecule has 0 bridgehead atoms. The van der Waals surface area contributed by atoms with Crippen LogP contribution in [0.2, 0.25) is 0 Å². The zero-order valence-electron chi connectivity index (χ0n) is 15.1. The average Bonchev–Trinajstić information content (AvgIpc) is 3.15. The number of fused-ring (bicyclic) bond motifs is 1. The van der Waals surface area contributed by atoms with Crippen molar-refractivity contribution in [3.63, 3.8) is 0 Å². The maximum absolute atomic E-state index is 11.0. The van der Waals surface area contributed by atoms with Crippen molar-refractivity contribution in [2.45, 2.75) is 6.42 Å². The third kappa shape index (κ3) is 4.00. The molecule has 1 heterocycles. The molecule has 1 aromatic heterocycles. The fourth-order valence-electron chi connectivity index (χ4n) is 3.11. The van der Waals surface area contributed by atoms with Crippen LogP contribution >= 0.6 is 0 Å². The highest BCUT2D eigenvalue weighted by atomic mass is 16.5. The van der Waals surface area contributed by atoms with Gasteiger partial charge in [-0.1, -0.05) is 60.7 Å². The number of hydroxylamine groups is 1. The maximum Gasteiger partial charge on any atom is 0.267 e. The van der Waals surface area contributed by atoms with Crippen LogP contribution in [0.25, 0.3) is 28.2 Å². The zero-order valence-corrected chi connectivity index (χ0v) is 15.1. The topological polar surface area (TPSA) is 78.0 Å². The molecule has 4 rings (SSSR count). The third-order valence-corrected chi connectivity index (χ3v) is 4.53. The first-order chi connectivity index (χ1) is 13.7. The monoisotopic (exact) mass is 369 g/mol. The second kappa shape index (κ2) is 7.90. The van der Waals surface area contributed by atoms with E-state index in [1.165, 1.54) is 11.6 Å². The predicted molar refractivity (Wildman–Crippen MR) is 110 cm³/mol. The van der Waals surface area contributed by atoms with E-state index in [9.17, 15) is 4.79 Å². The quantitative estimate of drug-likeness (QED) is 0.278. The number of H-pyrrole nitrogens is 1. The van der Waals surface area contributed by atoms with Gasteiger partial charge in [-0.15, -0.1) is 0 Å². The van der Waals surface area contributed by atoms with Crippen molar-refractivity contribution >= 4 is 23.0 Å². The third-order valence-electron chi connectivity index (χ3n) is 4.53. The van der Waals surface area contributed by atoms with Gasteiger partial charge in [0.1, 0.15) is 5.82 Å². The molecule has 0 radical (unpaired) electrons. The molecule has 5 nitrogen and oxygen atoms in total. The molecule has 3 aromatic carbocycles. The van der Waals surface area contributed by atoms with E-state index in [-0.39, 0.29) is 0 Å². The van der Waals surface area contributed by atoms with Gasteiger partial charge in [0.05, 0.1) is 11.0 Å². The van der Waals surface area contributed by atoms with Crippen LogP contribution in [0.5, 0.6) is 0 Å². The van der Waals surface area contributed by atoms with Gasteiger partial charge in [-0.2, -0.15) is 0 Å². The molecule has 0 atom stereocenters. The lowest BCUT2D eigenvalue weighted by molar-refractivity contribution is -0.124. The summed E-state index contributed by atoms with van der Waals surface area (Å²) in [5.41, 5.74) is 7.87. The predicted octanol–water partition coefficient (Wildman–Crippen LogP) is 4.34. The largest absolute Gasteiger partial charge is 0.342 e. The first-order valence-electron chi connectivity index (χ1n) is 8.96. The van der Waals surface area contributed by atoms with Crippen molar-refractivity contribution in [2.24, 2.45) is 0 Å². The van der Waals surface area contributed by atoms with Crippen molar-refractivity contribution in [3.8, 4) is 11.1 Å². The van der Waals surface area contributed by atoms with Gasteiger partial charge in [-0.05, 0) is 40.5 Å². The second-order valence-electron chi connectivity index (χ2n) is 6.51. The molecule has 0 saturated heterocycles. The number of hydrogen-bond donors (Lipinski definition) is 3. The number of rotatable bonds is 5. The number of hydrogen-bond acceptors (Lipinski definition) is 3. The van der Waals surface area contributed by atoms with E-state index in [0.29, 0.717) is 6.42 Å². The Labute approximate surface area is 162 Å². The van der Waals surface area contributed by atoms with E-state index in [1.54, 1.807) is 11.6 Å². The summed E-state index contributed by atoms with van der Waals surface area (Å²) < 4.78 is 0. The highest BCUT2D eigenvalue weighted by Gasteiger charge is 2.06. The number of aromatic amines is 1. The lowest BCUT2D eigenvalue weighted by Crippen LogP contribution is -2.14. The molecule has 5 heteroatoms. The standard InChI is InChI=1S/C23H19N3O2/c27-23(26-28)13-10-16-6-8-17(9-7-16)14-22-24-20-12-11-19(15-21(20)25-22)18-4-2-1-3-5-18/h1-13,15,28H,14H2,(H,24,25)(H,26,27). The van der Waals surface area contributed by atoms with Gasteiger partial charge < -0.3 is 4.98 Å². The van der Waals surface area contributed by atoms with Crippen LogP contribution in [0.4, 0.5) is 0 Å². The Bertz CT molecular complexity index is 1130. The maximum atomic E-state index is 11.0. The number of amides is 1. The highest BCUT2D eigenvalue weighted by molar-refractivity contribution is 5.90. The Kier molecular flexibility index (Phi) is 4.99. The Hall–Kier alpha value is -3.70. The molecular formula is C23H19N3O2. The number of nitrogens with one attached hydrogen (secondary N) is 2. The summed E-state index contributed by atoms with van der Waals surface area (Å²) in [6, 6.07) is 24.4. The smallest absolute Gasteiger partial charge is 0.267 e. The van der Waals surface area contributed by atoms with Crippen LogP contribution in [0.3, 0.4) is 0 Å². The summed E-state index contributed by atoms with van der Waals surface area (Å²) in [5.74, 6) is 0.351. The van der Waals surface area contributed by atoms with Crippen molar-refractivity contribution < 1.29 is 10.0 Å². The molecule has 28 heavy (non-hydrogen) atoms. The van der Waals surface area contributed by atoms with E-state index in [0.717, 1.165) is 33.5 Å². The molecular weight excluding hydrogens is 350 g/mol. The van der Waals surface area contributed by atoms with Gasteiger partial charge in [0.2, 0.25) is 0 Å². The minimum absolute atomic E-state index is 0.554. The van der Waals surface area contributed by atoms with Crippen LogP contribution in [-0.4, -0.2) is 21.1 Å². The SMILES string of the molecule is O=C(C=Cc1ccc(Cc2nc3ccc(-c4ccccc4)cc3[nH]2)cc1)NO. The van der Waals surface area contributed by atoms with Gasteiger partial charge in [-0.3, -0.25) is 10.0 Å². The fourth-order valence-corrected chi connectivity index (χ4v) is 3.11. The number of carbonyl (C=O) groups is 1. The highest BCUT2D eigenvalue weighted by Crippen LogP contribution is 2.23. The first-order valence-corrected chi connectivity index (χ1v) is 8.96. The fraction of sp³-hybridized carbons (Fsp3) is 0.0435. The number of carbonyl (C=O) groups excluding carboxylic acids is 1. The van der Waals surface area contributed by atoms with Gasteiger partial charge in [-0.25, -0.2) is 10.5 Å². The lowest BCUT2D eigenvalue weighted by Gasteiger charge is -2.00. The first kappa shape index (κ1) is 17.7. The zero-order chi connectivity index (χ0) is 19.3. The Morgan fingerprint density at radius 3 is 2.54 bits per heavy atom. The molecule has 0 aliphatic rings. The van der Waals surface area contributed by atoms with E-state index in [4.69, 9.17) is 5.21 Å². The molecule has 0 fully saturated rings. The Balaban J connectivity index is 1.52. The minimum Gasteiger partial charge on any atom is -0.342 e. The van der Waals surface area contributed by atoms with E-state index in [1.807, 2.05) is 48.5 Å². The number of benzene rings is 3. The molecule has 0 aliphatic carbocycles. The average molecular weight is 369 g/mol. The van der Waals surface area contributed by atoms with Crippen molar-refractivity contribution in [1.29, 1.82) is 0 Å². The Morgan fingerprint density at radius 2 is 1.79 bits per heavy atom. The lowest BCUT2D eigenvalue weighted by atomic mass is 10.1. The summed E-state index contributed by atoms with van der Waals surface area (Å²) in [7, 11) is 0. The molecule has 0 aliphatic heterocycles. The summed E-state index contributed by atoms with van der Waals surface area (Å²) in [5, 5.41) is 8.50. The van der Waals surface area contributed by atoms with Crippen molar-refractivity contribution in [3.05, 3.63) is 95.8 Å². The summed E-state index contributed by atoms with van der Waals surface area (Å²) in [4.78, 5) is 19.1. The van der Waals surface area contributed by atoms with Crippen LogP contribution in [-0.2, 0) is 11.2 Å². The van der Waals surface area contributed by atoms with E-state index < -0.39 is 5.91 Å². The van der Waals surface area contributed by atoms with E-state index >= 15 is 0 Å².